The van der Waals surface area contributed by atoms with E-state index in [0.29, 0.717) is 28.7 Å². The standard InChI is InChI=1S/C20H22N2O4/c1-26-12-4-2-11(3-5-12)21-15(23)10-22-18(24)16-13-6-7-14(17(16)19(22)25)20(13)8-9-20/h2-5,13-14,24-25H,6-10H2,1H3,(H,21,23). The van der Waals surface area contributed by atoms with Gasteiger partial charge in [0.05, 0.1) is 7.11 Å². The summed E-state index contributed by atoms with van der Waals surface area (Å²) in [4.78, 5) is 12.4. The van der Waals surface area contributed by atoms with Crippen LogP contribution >= 0.6 is 0 Å². The summed E-state index contributed by atoms with van der Waals surface area (Å²) in [6, 6.07) is 7.04. The van der Waals surface area contributed by atoms with Crippen LogP contribution in [-0.4, -0.2) is 27.8 Å². The average Bonchev–Trinajstić information content (AvgIpc) is 3.25. The van der Waals surface area contributed by atoms with Gasteiger partial charge in [-0.25, -0.2) is 0 Å². The van der Waals surface area contributed by atoms with E-state index in [1.54, 1.807) is 31.4 Å². The number of hydrogen-bond donors (Lipinski definition) is 3. The van der Waals surface area contributed by atoms with Crippen molar-refractivity contribution in [1.29, 1.82) is 0 Å². The number of nitrogens with one attached hydrogen (secondary N) is 1. The fourth-order valence-corrected chi connectivity index (χ4v) is 5.34. The third-order valence-electron chi connectivity index (χ3n) is 6.62. The minimum absolute atomic E-state index is 0.0702. The third-order valence-corrected chi connectivity index (χ3v) is 6.62. The maximum atomic E-state index is 12.4. The summed E-state index contributed by atoms with van der Waals surface area (Å²) in [7, 11) is 1.59. The molecule has 1 amide bonds. The lowest BCUT2D eigenvalue weighted by atomic mass is 9.91. The Hall–Kier alpha value is -2.63. The van der Waals surface area contributed by atoms with Crippen LogP contribution in [0.25, 0.3) is 0 Å². The summed E-state index contributed by atoms with van der Waals surface area (Å²) in [6.45, 7) is -0.108. The first-order valence-corrected chi connectivity index (χ1v) is 9.13. The summed E-state index contributed by atoms with van der Waals surface area (Å²) < 4.78 is 6.45. The van der Waals surface area contributed by atoms with E-state index >= 15 is 0 Å². The Balaban J connectivity index is 1.38. The Morgan fingerprint density at radius 1 is 1.15 bits per heavy atom. The molecule has 1 aromatic carbocycles. The quantitative estimate of drug-likeness (QED) is 0.787. The molecule has 6 nitrogen and oxygen atoms in total. The lowest BCUT2D eigenvalue weighted by molar-refractivity contribution is -0.116. The second-order valence-corrected chi connectivity index (χ2v) is 7.75. The van der Waals surface area contributed by atoms with Gasteiger partial charge in [-0.2, -0.15) is 0 Å². The number of methoxy groups -OCH3 is 1. The molecule has 2 aromatic rings. The molecule has 2 fully saturated rings. The molecule has 2 saturated carbocycles. The molecule has 1 aromatic heterocycles. The second kappa shape index (κ2) is 5.19. The lowest BCUT2D eigenvalue weighted by Crippen LogP contribution is -2.19. The molecule has 136 valence electrons. The molecule has 3 aliphatic carbocycles. The number of amides is 1. The molecule has 2 atom stereocenters. The molecule has 3 N–H and O–H groups in total. The molecule has 5 rings (SSSR count). The molecule has 1 spiro atoms. The number of aromatic hydroxyl groups is 2. The van der Waals surface area contributed by atoms with Gasteiger partial charge in [0.25, 0.3) is 0 Å². The predicted octanol–water partition coefficient (Wildman–Crippen LogP) is 3.30. The number of carbonyl (C=O) groups excluding carboxylic acids is 1. The molecule has 0 saturated heterocycles. The van der Waals surface area contributed by atoms with E-state index < -0.39 is 0 Å². The number of anilines is 1. The van der Waals surface area contributed by atoms with Crippen molar-refractivity contribution in [2.24, 2.45) is 5.41 Å². The summed E-state index contributed by atoms with van der Waals surface area (Å²) in [5.41, 5.74) is 2.73. The smallest absolute Gasteiger partial charge is 0.244 e. The Bertz CT molecular complexity index is 858. The molecule has 2 bridgehead atoms. The Morgan fingerprint density at radius 3 is 2.23 bits per heavy atom. The number of fused-ring (bicyclic) bond motifs is 3. The largest absolute Gasteiger partial charge is 0.497 e. The molecular weight excluding hydrogens is 332 g/mol. The van der Waals surface area contributed by atoms with Crippen LogP contribution in [0.15, 0.2) is 24.3 Å². The number of nitrogens with zero attached hydrogens (tertiary/aromatic N) is 1. The molecule has 6 heteroatoms. The molecule has 3 aliphatic rings. The van der Waals surface area contributed by atoms with E-state index in [9.17, 15) is 15.0 Å². The monoisotopic (exact) mass is 354 g/mol. The number of rotatable bonds is 4. The first kappa shape index (κ1) is 15.6. The lowest BCUT2D eigenvalue weighted by Gasteiger charge is -2.16. The zero-order valence-corrected chi connectivity index (χ0v) is 14.7. The van der Waals surface area contributed by atoms with E-state index in [0.717, 1.165) is 24.0 Å². The van der Waals surface area contributed by atoms with Gasteiger partial charge in [-0.1, -0.05) is 0 Å². The number of hydrogen-bond acceptors (Lipinski definition) is 4. The first-order chi connectivity index (χ1) is 12.5. The van der Waals surface area contributed by atoms with Gasteiger partial charge in [-0.3, -0.25) is 9.36 Å². The van der Waals surface area contributed by atoms with Gasteiger partial charge >= 0.3 is 0 Å². The van der Waals surface area contributed by atoms with Gasteiger partial charge in [0.2, 0.25) is 5.91 Å². The van der Waals surface area contributed by atoms with Gasteiger partial charge in [-0.15, -0.1) is 0 Å². The van der Waals surface area contributed by atoms with Crippen LogP contribution in [0.3, 0.4) is 0 Å². The summed E-state index contributed by atoms with van der Waals surface area (Å²) in [5.74, 6) is 1.26. The SMILES string of the molecule is COc1ccc(NC(=O)Cn2c(O)c3c(c2O)C2CCC3C23CC3)cc1. The average molecular weight is 354 g/mol. The molecule has 0 aliphatic heterocycles. The molecule has 1 heterocycles. The van der Waals surface area contributed by atoms with Crippen molar-refractivity contribution in [1.82, 2.24) is 4.57 Å². The van der Waals surface area contributed by atoms with Gasteiger partial charge in [0.1, 0.15) is 12.3 Å². The number of carbonyl (C=O) groups is 1. The highest BCUT2D eigenvalue weighted by Crippen LogP contribution is 2.78. The topological polar surface area (TPSA) is 83.7 Å². The minimum Gasteiger partial charge on any atom is -0.497 e. The Morgan fingerprint density at radius 2 is 1.73 bits per heavy atom. The van der Waals surface area contributed by atoms with Crippen LogP contribution in [0.2, 0.25) is 0 Å². The van der Waals surface area contributed by atoms with Gasteiger partial charge in [0.15, 0.2) is 11.8 Å². The van der Waals surface area contributed by atoms with Crippen molar-refractivity contribution in [3.05, 3.63) is 35.4 Å². The first-order valence-electron chi connectivity index (χ1n) is 9.13. The Kier molecular flexibility index (Phi) is 3.12. The van der Waals surface area contributed by atoms with Crippen LogP contribution in [0.1, 0.15) is 48.6 Å². The highest BCUT2D eigenvalue weighted by atomic mass is 16.5. The van der Waals surface area contributed by atoms with Crippen LogP contribution in [0, 0.1) is 5.41 Å². The van der Waals surface area contributed by atoms with Crippen molar-refractivity contribution in [3.63, 3.8) is 0 Å². The van der Waals surface area contributed by atoms with Gasteiger partial charge in [-0.05, 0) is 67.2 Å². The zero-order chi connectivity index (χ0) is 18.1. The van der Waals surface area contributed by atoms with Crippen LogP contribution in [0.5, 0.6) is 17.5 Å². The van der Waals surface area contributed by atoms with Crippen molar-refractivity contribution in [3.8, 4) is 17.5 Å². The third kappa shape index (κ3) is 1.95. The number of ether oxygens (including phenoxy) is 1. The van der Waals surface area contributed by atoms with Crippen molar-refractivity contribution in [2.75, 3.05) is 12.4 Å². The van der Waals surface area contributed by atoms with Gasteiger partial charge in [0, 0.05) is 16.8 Å². The van der Waals surface area contributed by atoms with E-state index in [-0.39, 0.29) is 24.2 Å². The predicted molar refractivity (Wildman–Crippen MR) is 95.8 cm³/mol. The van der Waals surface area contributed by atoms with Crippen LogP contribution in [-0.2, 0) is 11.3 Å². The summed E-state index contributed by atoms with van der Waals surface area (Å²) >= 11 is 0. The zero-order valence-electron chi connectivity index (χ0n) is 14.7. The molecule has 2 unspecified atom stereocenters. The highest BCUT2D eigenvalue weighted by molar-refractivity contribution is 5.91. The van der Waals surface area contributed by atoms with Crippen LogP contribution in [0.4, 0.5) is 5.69 Å². The minimum atomic E-state index is -0.289. The Labute approximate surface area is 151 Å². The number of benzene rings is 1. The maximum absolute atomic E-state index is 12.4. The van der Waals surface area contributed by atoms with Crippen molar-refractivity contribution >= 4 is 11.6 Å². The van der Waals surface area contributed by atoms with E-state index in [1.165, 1.54) is 17.4 Å². The van der Waals surface area contributed by atoms with E-state index in [2.05, 4.69) is 5.32 Å². The fraction of sp³-hybridized carbons (Fsp3) is 0.450. The summed E-state index contributed by atoms with van der Waals surface area (Å²) in [5, 5.41) is 24.2. The molecule has 0 radical (unpaired) electrons. The highest BCUT2D eigenvalue weighted by Gasteiger charge is 2.66. The summed E-state index contributed by atoms with van der Waals surface area (Å²) in [6.07, 6.45) is 4.53. The molecule has 26 heavy (non-hydrogen) atoms. The van der Waals surface area contributed by atoms with Crippen molar-refractivity contribution in [2.45, 2.75) is 44.1 Å². The van der Waals surface area contributed by atoms with E-state index in [4.69, 9.17) is 4.74 Å². The molecular formula is C20H22N2O4. The van der Waals surface area contributed by atoms with Gasteiger partial charge < -0.3 is 20.3 Å². The normalized spacial score (nSPS) is 23.9. The number of aromatic nitrogens is 1. The van der Waals surface area contributed by atoms with Crippen molar-refractivity contribution < 1.29 is 19.7 Å². The second-order valence-electron chi connectivity index (χ2n) is 7.75. The fourth-order valence-electron chi connectivity index (χ4n) is 5.34. The van der Waals surface area contributed by atoms with Crippen LogP contribution < -0.4 is 10.1 Å². The van der Waals surface area contributed by atoms with E-state index in [1.807, 2.05) is 0 Å². The maximum Gasteiger partial charge on any atom is 0.244 e.